The molecule has 1 amide bonds. The van der Waals surface area contributed by atoms with E-state index in [9.17, 15) is 13.4 Å². The van der Waals surface area contributed by atoms with Gasteiger partial charge in [0, 0.05) is 22.4 Å². The molecular formula is C17H17ClFNO2S. The molecule has 0 aliphatic carbocycles. The molecule has 23 heavy (non-hydrogen) atoms. The first kappa shape index (κ1) is 17.6. The van der Waals surface area contributed by atoms with E-state index >= 15 is 0 Å². The van der Waals surface area contributed by atoms with E-state index in [-0.39, 0.29) is 22.4 Å². The van der Waals surface area contributed by atoms with Crippen molar-refractivity contribution in [2.24, 2.45) is 0 Å². The van der Waals surface area contributed by atoms with Gasteiger partial charge in [-0.1, -0.05) is 41.9 Å². The summed E-state index contributed by atoms with van der Waals surface area (Å²) in [6.45, 7) is 2.37. The van der Waals surface area contributed by atoms with Crippen molar-refractivity contribution in [3.8, 4) is 0 Å². The van der Waals surface area contributed by atoms with E-state index in [2.05, 4.69) is 5.32 Å². The van der Waals surface area contributed by atoms with Crippen LogP contribution in [0.1, 0.15) is 16.7 Å². The second-order valence-corrected chi connectivity index (χ2v) is 7.03. The van der Waals surface area contributed by atoms with Crippen molar-refractivity contribution in [3.63, 3.8) is 0 Å². The maximum absolute atomic E-state index is 13.0. The van der Waals surface area contributed by atoms with Crippen molar-refractivity contribution < 1.29 is 13.4 Å². The second kappa shape index (κ2) is 8.22. The Morgan fingerprint density at radius 2 is 1.96 bits per heavy atom. The Morgan fingerprint density at radius 1 is 1.22 bits per heavy atom. The van der Waals surface area contributed by atoms with E-state index < -0.39 is 16.6 Å². The molecule has 0 aromatic heterocycles. The lowest BCUT2D eigenvalue weighted by Gasteiger charge is -2.08. The zero-order valence-electron chi connectivity index (χ0n) is 12.6. The lowest BCUT2D eigenvalue weighted by atomic mass is 10.1. The molecule has 1 N–H and O–H groups in total. The van der Waals surface area contributed by atoms with Crippen LogP contribution in [0.25, 0.3) is 0 Å². The number of benzene rings is 2. The van der Waals surface area contributed by atoms with Gasteiger partial charge in [-0.3, -0.25) is 9.00 Å². The Hall–Kier alpha value is -1.72. The molecule has 1 unspecified atom stereocenters. The molecule has 2 aromatic rings. The number of amides is 1. The smallest absolute Gasteiger partial charge is 0.232 e. The molecule has 0 fully saturated rings. The topological polar surface area (TPSA) is 46.2 Å². The lowest BCUT2D eigenvalue weighted by molar-refractivity contribution is -0.118. The van der Waals surface area contributed by atoms with Crippen molar-refractivity contribution >= 4 is 28.3 Å². The zero-order valence-corrected chi connectivity index (χ0v) is 14.2. The van der Waals surface area contributed by atoms with Crippen molar-refractivity contribution in [2.45, 2.75) is 19.2 Å². The van der Waals surface area contributed by atoms with Gasteiger partial charge < -0.3 is 5.32 Å². The molecule has 0 aliphatic rings. The van der Waals surface area contributed by atoms with Crippen molar-refractivity contribution in [2.75, 3.05) is 5.75 Å². The number of hydrogen-bond acceptors (Lipinski definition) is 2. The standard InChI is InChI=1S/C17H17ClFNO2S/c1-12-4-2-3-5-13(12)9-20-17(21)11-23(22)10-14-6-7-15(19)8-16(14)18/h2-8H,9-11H2,1H3,(H,20,21). The zero-order chi connectivity index (χ0) is 16.8. The fourth-order valence-electron chi connectivity index (χ4n) is 2.06. The van der Waals surface area contributed by atoms with E-state index in [0.717, 1.165) is 11.1 Å². The highest BCUT2D eigenvalue weighted by Crippen LogP contribution is 2.18. The highest BCUT2D eigenvalue weighted by atomic mass is 35.5. The Labute approximate surface area is 142 Å². The molecule has 0 bridgehead atoms. The number of carbonyl (C=O) groups is 1. The Kier molecular flexibility index (Phi) is 6.30. The second-order valence-electron chi connectivity index (χ2n) is 5.17. The van der Waals surface area contributed by atoms with E-state index in [1.165, 1.54) is 18.2 Å². The number of nitrogens with one attached hydrogen (secondary N) is 1. The van der Waals surface area contributed by atoms with E-state index in [1.54, 1.807) is 0 Å². The molecule has 6 heteroatoms. The van der Waals surface area contributed by atoms with Crippen LogP contribution in [0.4, 0.5) is 4.39 Å². The van der Waals surface area contributed by atoms with Gasteiger partial charge >= 0.3 is 0 Å². The third-order valence-electron chi connectivity index (χ3n) is 3.36. The average molecular weight is 354 g/mol. The van der Waals surface area contributed by atoms with Crippen LogP contribution in [-0.4, -0.2) is 15.9 Å². The molecule has 0 radical (unpaired) electrons. The number of halogens is 2. The van der Waals surface area contributed by atoms with Gasteiger partial charge in [0.15, 0.2) is 0 Å². The van der Waals surface area contributed by atoms with Crippen LogP contribution in [-0.2, 0) is 27.9 Å². The largest absolute Gasteiger partial charge is 0.351 e. The number of hydrogen-bond donors (Lipinski definition) is 1. The van der Waals surface area contributed by atoms with Crippen LogP contribution in [0.5, 0.6) is 0 Å². The number of aryl methyl sites for hydroxylation is 1. The van der Waals surface area contributed by atoms with Crippen LogP contribution in [0.15, 0.2) is 42.5 Å². The molecule has 2 rings (SSSR count). The minimum absolute atomic E-state index is 0.112. The average Bonchev–Trinajstić information content (AvgIpc) is 2.49. The fourth-order valence-corrected chi connectivity index (χ4v) is 3.47. The van der Waals surface area contributed by atoms with E-state index in [1.807, 2.05) is 31.2 Å². The van der Waals surface area contributed by atoms with Crippen LogP contribution in [0, 0.1) is 12.7 Å². The summed E-state index contributed by atoms with van der Waals surface area (Å²) in [5, 5.41) is 2.98. The summed E-state index contributed by atoms with van der Waals surface area (Å²) in [5.41, 5.74) is 2.68. The molecule has 1 atom stereocenters. The predicted octanol–water partition coefficient (Wildman–Crippen LogP) is 3.35. The fraction of sp³-hybridized carbons (Fsp3) is 0.235. The molecule has 0 saturated heterocycles. The summed E-state index contributed by atoms with van der Waals surface area (Å²) in [5.74, 6) is -0.721. The maximum Gasteiger partial charge on any atom is 0.232 e. The SMILES string of the molecule is Cc1ccccc1CNC(=O)CS(=O)Cc1ccc(F)cc1Cl. The van der Waals surface area contributed by atoms with Crippen LogP contribution in [0.2, 0.25) is 5.02 Å². The van der Waals surface area contributed by atoms with Gasteiger partial charge in [0.1, 0.15) is 11.6 Å². The minimum Gasteiger partial charge on any atom is -0.351 e. The molecule has 2 aromatic carbocycles. The van der Waals surface area contributed by atoms with Gasteiger partial charge in [0.05, 0.1) is 5.75 Å². The van der Waals surface area contributed by atoms with Crippen molar-refractivity contribution in [1.29, 1.82) is 0 Å². The monoisotopic (exact) mass is 353 g/mol. The number of carbonyl (C=O) groups excluding carboxylic acids is 1. The van der Waals surface area contributed by atoms with Crippen molar-refractivity contribution in [3.05, 3.63) is 70.0 Å². The van der Waals surface area contributed by atoms with Gasteiger partial charge in [-0.05, 0) is 35.7 Å². The maximum atomic E-state index is 13.0. The van der Waals surface area contributed by atoms with E-state index in [4.69, 9.17) is 11.6 Å². The first-order chi connectivity index (χ1) is 11.0. The van der Waals surface area contributed by atoms with Crippen LogP contribution in [0.3, 0.4) is 0 Å². The Bertz CT molecular complexity index is 736. The summed E-state index contributed by atoms with van der Waals surface area (Å²) in [6, 6.07) is 11.7. The van der Waals surface area contributed by atoms with E-state index in [0.29, 0.717) is 12.1 Å². The lowest BCUT2D eigenvalue weighted by Crippen LogP contribution is -2.28. The summed E-state index contributed by atoms with van der Waals surface area (Å²) in [7, 11) is -1.40. The highest BCUT2D eigenvalue weighted by molar-refractivity contribution is 7.84. The molecule has 3 nitrogen and oxygen atoms in total. The molecule has 0 heterocycles. The minimum atomic E-state index is -1.40. The molecule has 122 valence electrons. The highest BCUT2D eigenvalue weighted by Gasteiger charge is 2.11. The summed E-state index contributed by atoms with van der Waals surface area (Å²) >= 11 is 5.89. The van der Waals surface area contributed by atoms with Gasteiger partial charge in [-0.15, -0.1) is 0 Å². The first-order valence-corrected chi connectivity index (χ1v) is 8.92. The third-order valence-corrected chi connectivity index (χ3v) is 4.93. The Morgan fingerprint density at radius 3 is 2.65 bits per heavy atom. The summed E-state index contributed by atoms with van der Waals surface area (Å²) < 4.78 is 25.0. The molecule has 0 saturated carbocycles. The third kappa shape index (κ3) is 5.44. The van der Waals surface area contributed by atoms with Crippen LogP contribution < -0.4 is 5.32 Å². The number of rotatable bonds is 6. The normalized spacial score (nSPS) is 12.0. The predicted molar refractivity (Wildman–Crippen MR) is 91.1 cm³/mol. The molecule has 0 spiro atoms. The van der Waals surface area contributed by atoms with Gasteiger partial charge in [-0.25, -0.2) is 4.39 Å². The molecular weight excluding hydrogens is 337 g/mol. The first-order valence-electron chi connectivity index (χ1n) is 7.06. The van der Waals surface area contributed by atoms with Gasteiger partial charge in [-0.2, -0.15) is 0 Å². The van der Waals surface area contributed by atoms with Crippen molar-refractivity contribution in [1.82, 2.24) is 5.32 Å². The van der Waals surface area contributed by atoms with Gasteiger partial charge in [0.2, 0.25) is 5.91 Å². The summed E-state index contributed by atoms with van der Waals surface area (Å²) in [6.07, 6.45) is 0. The van der Waals surface area contributed by atoms with Gasteiger partial charge in [0.25, 0.3) is 0 Å². The molecule has 0 aliphatic heterocycles. The van der Waals surface area contributed by atoms with Crippen LogP contribution >= 0.6 is 11.6 Å². The Balaban J connectivity index is 1.85. The summed E-state index contributed by atoms with van der Waals surface area (Å²) in [4.78, 5) is 11.9. The quantitative estimate of drug-likeness (QED) is 0.865.